The maximum Gasteiger partial charge on any atom is 0.223 e. The topological polar surface area (TPSA) is 50.8 Å². The van der Waals surface area contributed by atoms with Crippen molar-refractivity contribution < 1.29 is 14.3 Å². The molecule has 2 aromatic rings. The number of fused-ring (bicyclic) bond motifs is 3. The molecule has 158 valence electrons. The monoisotopic (exact) mass is 406 g/mol. The maximum absolute atomic E-state index is 12.5. The molecule has 1 amide bonds. The molecule has 2 aliphatic heterocycles. The van der Waals surface area contributed by atoms with Crippen LogP contribution in [0, 0.1) is 0 Å². The van der Waals surface area contributed by atoms with E-state index in [2.05, 4.69) is 60.5 Å². The number of nitrogens with one attached hydrogen (secondary N) is 1. The van der Waals surface area contributed by atoms with Gasteiger partial charge in [0.25, 0.3) is 0 Å². The van der Waals surface area contributed by atoms with Gasteiger partial charge in [-0.2, -0.15) is 0 Å². The number of hydrogen-bond acceptors (Lipinski definition) is 4. The quantitative estimate of drug-likeness (QED) is 0.767. The molecule has 30 heavy (non-hydrogen) atoms. The molecule has 1 N–H and O–H groups in total. The first-order valence-corrected chi connectivity index (χ1v) is 10.7. The summed E-state index contributed by atoms with van der Waals surface area (Å²) in [4.78, 5) is 14.8. The minimum atomic E-state index is -0.615. The summed E-state index contributed by atoms with van der Waals surface area (Å²) >= 11 is 0. The average molecular weight is 407 g/mol. The van der Waals surface area contributed by atoms with Gasteiger partial charge in [-0.1, -0.05) is 44.2 Å². The molecule has 0 radical (unpaired) electrons. The molecular weight excluding hydrogens is 376 g/mol. The lowest BCUT2D eigenvalue weighted by Crippen LogP contribution is -2.68. The first-order chi connectivity index (χ1) is 14.4. The average Bonchev–Trinajstić information content (AvgIpc) is 2.92. The van der Waals surface area contributed by atoms with E-state index in [1.165, 1.54) is 11.3 Å². The lowest BCUT2D eigenvalue weighted by Gasteiger charge is -2.49. The van der Waals surface area contributed by atoms with Crippen LogP contribution < -0.4 is 19.7 Å². The van der Waals surface area contributed by atoms with Crippen LogP contribution in [-0.4, -0.2) is 31.3 Å². The summed E-state index contributed by atoms with van der Waals surface area (Å²) in [6.07, 6.45) is 4.71. The van der Waals surface area contributed by atoms with Crippen LogP contribution >= 0.6 is 0 Å². The van der Waals surface area contributed by atoms with Gasteiger partial charge >= 0.3 is 0 Å². The Kier molecular flexibility index (Phi) is 5.22. The van der Waals surface area contributed by atoms with Crippen LogP contribution in [0.1, 0.15) is 45.2 Å². The van der Waals surface area contributed by atoms with Crippen molar-refractivity contribution in [2.24, 2.45) is 0 Å². The Labute approximate surface area is 178 Å². The Morgan fingerprint density at radius 2 is 1.80 bits per heavy atom. The lowest BCUT2D eigenvalue weighted by molar-refractivity contribution is -0.124. The Balaban J connectivity index is 1.76. The van der Waals surface area contributed by atoms with Gasteiger partial charge in [0.1, 0.15) is 5.66 Å². The number of rotatable bonds is 6. The van der Waals surface area contributed by atoms with Crippen molar-refractivity contribution in [3.05, 3.63) is 59.7 Å². The van der Waals surface area contributed by atoms with Gasteiger partial charge in [0.2, 0.25) is 5.91 Å². The van der Waals surface area contributed by atoms with Crippen molar-refractivity contribution in [2.45, 2.75) is 45.2 Å². The molecule has 0 aliphatic carbocycles. The van der Waals surface area contributed by atoms with E-state index in [0.29, 0.717) is 26.2 Å². The van der Waals surface area contributed by atoms with Crippen LogP contribution in [0.3, 0.4) is 0 Å². The molecule has 2 heterocycles. The first kappa shape index (κ1) is 20.3. The highest BCUT2D eigenvalue weighted by Crippen LogP contribution is 2.52. The fourth-order valence-corrected chi connectivity index (χ4v) is 4.71. The Morgan fingerprint density at radius 3 is 2.57 bits per heavy atom. The molecule has 0 bridgehead atoms. The molecule has 2 aliphatic rings. The second kappa shape index (κ2) is 7.71. The van der Waals surface area contributed by atoms with Crippen LogP contribution in [0.25, 0.3) is 6.08 Å². The predicted molar refractivity (Wildman–Crippen MR) is 120 cm³/mol. The van der Waals surface area contributed by atoms with E-state index in [0.717, 1.165) is 17.1 Å². The largest absolute Gasteiger partial charge is 0.490 e. The number of nitrogens with zero attached hydrogens (tertiary/aromatic N) is 1. The van der Waals surface area contributed by atoms with E-state index in [1.54, 1.807) is 0 Å². The highest BCUT2D eigenvalue weighted by molar-refractivity contribution is 5.84. The number of benzene rings is 2. The van der Waals surface area contributed by atoms with Crippen molar-refractivity contribution in [3.8, 4) is 11.5 Å². The summed E-state index contributed by atoms with van der Waals surface area (Å²) < 4.78 is 11.5. The minimum absolute atomic E-state index is 0.0819. The number of anilines is 1. The van der Waals surface area contributed by atoms with Crippen LogP contribution in [-0.2, 0) is 10.2 Å². The molecule has 5 nitrogen and oxygen atoms in total. The zero-order chi connectivity index (χ0) is 21.4. The molecule has 4 rings (SSSR count). The Morgan fingerprint density at radius 1 is 1.07 bits per heavy atom. The van der Waals surface area contributed by atoms with Crippen molar-refractivity contribution in [1.82, 2.24) is 5.32 Å². The Bertz CT molecular complexity index is 982. The number of carbonyl (C=O) groups is 1. The van der Waals surface area contributed by atoms with Crippen molar-refractivity contribution >= 4 is 17.7 Å². The Hall–Kier alpha value is -2.95. The van der Waals surface area contributed by atoms with E-state index in [1.807, 2.05) is 32.0 Å². The van der Waals surface area contributed by atoms with Crippen molar-refractivity contribution in [3.63, 3.8) is 0 Å². The standard InChI is InChI=1S/C25H30N2O3/c1-5-29-21-12-11-18(17-22(21)30-6-2)13-15-25-24(3,4)19-9-7-8-10-20(19)27(25)16-14-23(28)26-25/h7-13,15,17H,5-6,14,16H2,1-4H3,(H,26,28)/b15-13+/t25-/m0/s1. The van der Waals surface area contributed by atoms with Gasteiger partial charge in [0, 0.05) is 24.1 Å². The molecule has 0 saturated carbocycles. The van der Waals surface area contributed by atoms with E-state index in [-0.39, 0.29) is 11.3 Å². The molecule has 0 spiro atoms. The van der Waals surface area contributed by atoms with Crippen LogP contribution in [0.2, 0.25) is 0 Å². The molecular formula is C25H30N2O3. The molecule has 1 fully saturated rings. The smallest absolute Gasteiger partial charge is 0.223 e. The number of ether oxygens (including phenoxy) is 2. The summed E-state index contributed by atoms with van der Waals surface area (Å²) in [5.74, 6) is 1.56. The number of amides is 1. The van der Waals surface area contributed by atoms with E-state index in [4.69, 9.17) is 9.47 Å². The highest BCUT2D eigenvalue weighted by Gasteiger charge is 2.57. The van der Waals surface area contributed by atoms with Gasteiger partial charge in [-0.05, 0) is 49.2 Å². The van der Waals surface area contributed by atoms with Gasteiger partial charge in [0.15, 0.2) is 11.5 Å². The second-order valence-corrected chi connectivity index (χ2v) is 8.26. The highest BCUT2D eigenvalue weighted by atomic mass is 16.5. The van der Waals surface area contributed by atoms with Gasteiger partial charge in [-0.15, -0.1) is 0 Å². The summed E-state index contributed by atoms with van der Waals surface area (Å²) in [7, 11) is 0. The zero-order valence-corrected chi connectivity index (χ0v) is 18.2. The molecule has 2 aromatic carbocycles. The number of carbonyl (C=O) groups excluding carboxylic acids is 1. The fourth-order valence-electron chi connectivity index (χ4n) is 4.71. The van der Waals surface area contributed by atoms with E-state index >= 15 is 0 Å². The summed E-state index contributed by atoms with van der Waals surface area (Å²) in [5, 5.41) is 3.31. The third-order valence-electron chi connectivity index (χ3n) is 6.22. The summed E-state index contributed by atoms with van der Waals surface area (Å²) in [5.41, 5.74) is 2.54. The normalized spacial score (nSPS) is 21.9. The zero-order valence-electron chi connectivity index (χ0n) is 18.2. The van der Waals surface area contributed by atoms with Crippen LogP contribution in [0.5, 0.6) is 11.5 Å². The van der Waals surface area contributed by atoms with Crippen molar-refractivity contribution in [1.29, 1.82) is 0 Å². The maximum atomic E-state index is 12.5. The second-order valence-electron chi connectivity index (χ2n) is 8.26. The molecule has 0 unspecified atom stereocenters. The fraction of sp³-hybridized carbons (Fsp3) is 0.400. The first-order valence-electron chi connectivity index (χ1n) is 10.7. The van der Waals surface area contributed by atoms with E-state index < -0.39 is 5.66 Å². The van der Waals surface area contributed by atoms with Gasteiger partial charge in [-0.25, -0.2) is 0 Å². The summed E-state index contributed by atoms with van der Waals surface area (Å²) in [6.45, 7) is 10.2. The van der Waals surface area contributed by atoms with Crippen molar-refractivity contribution in [2.75, 3.05) is 24.7 Å². The molecule has 1 atom stereocenters. The van der Waals surface area contributed by atoms with Gasteiger partial charge in [-0.3, -0.25) is 4.79 Å². The van der Waals surface area contributed by atoms with Gasteiger partial charge in [0.05, 0.1) is 13.2 Å². The third-order valence-corrected chi connectivity index (χ3v) is 6.22. The van der Waals surface area contributed by atoms with Gasteiger partial charge < -0.3 is 19.7 Å². The third kappa shape index (κ3) is 3.13. The van der Waals surface area contributed by atoms with E-state index in [9.17, 15) is 4.79 Å². The number of hydrogen-bond donors (Lipinski definition) is 1. The molecule has 1 saturated heterocycles. The molecule has 0 aromatic heterocycles. The number of para-hydroxylation sites is 1. The SMILES string of the molecule is CCOc1ccc(/C=C/[C@]23NC(=O)CCN2c2ccccc2C3(C)C)cc1OCC. The predicted octanol–water partition coefficient (Wildman–Crippen LogP) is 4.51. The van der Waals surface area contributed by atoms with Crippen LogP contribution in [0.15, 0.2) is 48.5 Å². The summed E-state index contributed by atoms with van der Waals surface area (Å²) in [6, 6.07) is 14.4. The molecule has 5 heteroatoms. The lowest BCUT2D eigenvalue weighted by atomic mass is 9.74. The van der Waals surface area contributed by atoms with Crippen LogP contribution in [0.4, 0.5) is 5.69 Å². The minimum Gasteiger partial charge on any atom is -0.490 e.